The SMILES string of the molecule is O=C(O)CCCCc1cc(-c2cc(Cl)ccc2O)on1.[Na].[Na]. The topological polar surface area (TPSA) is 83.6 Å². The molecule has 0 unspecified atom stereocenters. The molecular formula is C14H14ClNNa2O4. The fraction of sp³-hybridized carbons (Fsp3) is 0.286. The fourth-order valence-electron chi connectivity index (χ4n) is 1.84. The van der Waals surface area contributed by atoms with E-state index in [0.717, 1.165) is 12.1 Å². The maximum Gasteiger partial charge on any atom is 0.303 e. The number of carbonyl (C=O) groups is 1. The van der Waals surface area contributed by atoms with Crippen molar-refractivity contribution in [2.24, 2.45) is 0 Å². The van der Waals surface area contributed by atoms with E-state index in [1.165, 1.54) is 6.07 Å². The van der Waals surface area contributed by atoms with Gasteiger partial charge >= 0.3 is 5.97 Å². The Hall–Kier alpha value is -0.01000. The maximum absolute atomic E-state index is 10.4. The van der Waals surface area contributed by atoms with Crippen LogP contribution in [0.1, 0.15) is 25.0 Å². The van der Waals surface area contributed by atoms with Gasteiger partial charge in [-0.3, -0.25) is 4.79 Å². The number of halogens is 1. The number of nitrogens with zero attached hydrogens (tertiary/aromatic N) is 1. The number of benzene rings is 1. The van der Waals surface area contributed by atoms with E-state index < -0.39 is 5.97 Å². The minimum atomic E-state index is -0.797. The van der Waals surface area contributed by atoms with Crippen LogP contribution in [0.4, 0.5) is 0 Å². The van der Waals surface area contributed by atoms with E-state index in [9.17, 15) is 9.90 Å². The molecule has 108 valence electrons. The minimum Gasteiger partial charge on any atom is -0.507 e. The van der Waals surface area contributed by atoms with Gasteiger partial charge in [-0.1, -0.05) is 16.8 Å². The summed E-state index contributed by atoms with van der Waals surface area (Å²) in [5.41, 5.74) is 1.21. The summed E-state index contributed by atoms with van der Waals surface area (Å²) in [5, 5.41) is 22.7. The van der Waals surface area contributed by atoms with Gasteiger partial charge in [-0.05, 0) is 37.5 Å². The van der Waals surface area contributed by atoms with Crippen LogP contribution in [-0.4, -0.2) is 80.5 Å². The summed E-state index contributed by atoms with van der Waals surface area (Å²) in [5.74, 6) is -0.282. The van der Waals surface area contributed by atoms with Gasteiger partial charge in [0.2, 0.25) is 0 Å². The van der Waals surface area contributed by atoms with Gasteiger partial charge < -0.3 is 14.7 Å². The zero-order chi connectivity index (χ0) is 14.5. The first-order valence-electron chi connectivity index (χ1n) is 6.22. The number of hydrogen-bond donors (Lipinski definition) is 2. The Balaban J connectivity index is 0.00000220. The van der Waals surface area contributed by atoms with Crippen molar-refractivity contribution in [3.8, 4) is 17.1 Å². The molecule has 1 heterocycles. The smallest absolute Gasteiger partial charge is 0.303 e. The second-order valence-corrected chi connectivity index (χ2v) is 4.88. The molecule has 0 aliphatic carbocycles. The summed E-state index contributed by atoms with van der Waals surface area (Å²) in [6.45, 7) is 0. The summed E-state index contributed by atoms with van der Waals surface area (Å²) in [6.07, 6.45) is 2.11. The quantitative estimate of drug-likeness (QED) is 0.623. The number of carboxylic acid groups (broad SMARTS) is 1. The molecule has 0 atom stereocenters. The molecule has 8 heteroatoms. The number of aromatic hydroxyl groups is 1. The summed E-state index contributed by atoms with van der Waals surface area (Å²) in [6, 6.07) is 6.41. The molecule has 0 aliphatic rings. The largest absolute Gasteiger partial charge is 0.507 e. The first-order chi connectivity index (χ1) is 9.56. The minimum absolute atomic E-state index is 0. The Morgan fingerprint density at radius 2 is 1.95 bits per heavy atom. The normalized spacial score (nSPS) is 9.68. The van der Waals surface area contributed by atoms with Crippen molar-refractivity contribution in [3.63, 3.8) is 0 Å². The Bertz CT molecular complexity index is 619. The van der Waals surface area contributed by atoms with Crippen LogP contribution in [0.15, 0.2) is 28.8 Å². The predicted octanol–water partition coefficient (Wildman–Crippen LogP) is 2.74. The van der Waals surface area contributed by atoms with E-state index in [2.05, 4.69) is 5.16 Å². The maximum atomic E-state index is 10.4. The van der Waals surface area contributed by atoms with E-state index in [4.69, 9.17) is 21.2 Å². The molecule has 0 amide bonds. The summed E-state index contributed by atoms with van der Waals surface area (Å²) >= 11 is 5.88. The van der Waals surface area contributed by atoms with Crippen molar-refractivity contribution in [2.45, 2.75) is 25.7 Å². The van der Waals surface area contributed by atoms with Crippen LogP contribution in [0.5, 0.6) is 5.75 Å². The van der Waals surface area contributed by atoms with Crippen molar-refractivity contribution in [2.75, 3.05) is 0 Å². The van der Waals surface area contributed by atoms with E-state index in [0.29, 0.717) is 29.2 Å². The van der Waals surface area contributed by atoms with Crippen LogP contribution in [-0.2, 0) is 11.2 Å². The third-order valence-electron chi connectivity index (χ3n) is 2.86. The van der Waals surface area contributed by atoms with Crippen molar-refractivity contribution in [3.05, 3.63) is 35.0 Å². The molecule has 1 aromatic heterocycles. The van der Waals surface area contributed by atoms with Crippen LogP contribution in [0, 0.1) is 0 Å². The van der Waals surface area contributed by atoms with Crippen molar-refractivity contribution in [1.29, 1.82) is 0 Å². The number of aliphatic carboxylic acids is 1. The number of rotatable bonds is 6. The Kier molecular flexibility index (Phi) is 10.7. The van der Waals surface area contributed by atoms with Gasteiger partial charge in [0, 0.05) is 76.6 Å². The first-order valence-corrected chi connectivity index (χ1v) is 6.60. The van der Waals surface area contributed by atoms with Crippen LogP contribution >= 0.6 is 11.6 Å². The first kappa shape index (κ1) is 22.0. The summed E-state index contributed by atoms with van der Waals surface area (Å²) < 4.78 is 5.18. The summed E-state index contributed by atoms with van der Waals surface area (Å²) in [4.78, 5) is 10.4. The van der Waals surface area contributed by atoms with Crippen LogP contribution in [0.25, 0.3) is 11.3 Å². The van der Waals surface area contributed by atoms with Crippen molar-refractivity contribution >= 4 is 76.7 Å². The van der Waals surface area contributed by atoms with Gasteiger partial charge in [-0.2, -0.15) is 0 Å². The number of aromatic nitrogens is 1. The van der Waals surface area contributed by atoms with Crippen molar-refractivity contribution in [1.82, 2.24) is 5.16 Å². The third-order valence-corrected chi connectivity index (χ3v) is 3.09. The molecule has 2 aromatic rings. The van der Waals surface area contributed by atoms with Crippen LogP contribution < -0.4 is 0 Å². The average Bonchev–Trinajstić information content (AvgIpc) is 2.86. The van der Waals surface area contributed by atoms with Gasteiger partial charge in [0.15, 0.2) is 5.76 Å². The molecule has 0 spiro atoms. The van der Waals surface area contributed by atoms with E-state index in [-0.39, 0.29) is 71.3 Å². The van der Waals surface area contributed by atoms with Gasteiger partial charge in [0.05, 0.1) is 11.3 Å². The third kappa shape index (κ3) is 6.62. The predicted molar refractivity (Wildman–Crippen MR) is 85.3 cm³/mol. The molecule has 1 aromatic carbocycles. The van der Waals surface area contributed by atoms with Crippen LogP contribution in [0.2, 0.25) is 5.02 Å². The number of hydrogen-bond acceptors (Lipinski definition) is 4. The van der Waals surface area contributed by atoms with Gasteiger partial charge in [-0.15, -0.1) is 0 Å². The molecule has 0 bridgehead atoms. The molecular weight excluding hydrogens is 328 g/mol. The standard InChI is InChI=1S/C14H14ClNO4.2Na/c15-9-5-6-12(17)11(7-9)13-8-10(16-20-13)3-1-2-4-14(18)19;;/h5-8,17H,1-4H2,(H,18,19);;. The number of phenolic OH excluding ortho intramolecular Hbond substituents is 1. The molecule has 0 fully saturated rings. The van der Waals surface area contributed by atoms with Gasteiger partial charge in [-0.25, -0.2) is 0 Å². The number of carboxylic acids is 1. The second-order valence-electron chi connectivity index (χ2n) is 4.44. The Morgan fingerprint density at radius 3 is 2.64 bits per heavy atom. The number of phenols is 1. The Morgan fingerprint density at radius 1 is 1.23 bits per heavy atom. The van der Waals surface area contributed by atoms with E-state index in [1.807, 2.05) is 0 Å². The molecule has 2 rings (SSSR count). The Labute approximate surface area is 177 Å². The zero-order valence-electron chi connectivity index (χ0n) is 12.7. The summed E-state index contributed by atoms with van der Waals surface area (Å²) in [7, 11) is 0. The molecule has 0 saturated heterocycles. The van der Waals surface area contributed by atoms with Gasteiger partial charge in [0.1, 0.15) is 5.75 Å². The second kappa shape index (κ2) is 10.7. The monoisotopic (exact) mass is 341 g/mol. The molecule has 2 N–H and O–H groups in total. The molecule has 0 saturated carbocycles. The number of unbranched alkanes of at least 4 members (excludes halogenated alkanes) is 1. The number of aryl methyl sites for hydroxylation is 1. The van der Waals surface area contributed by atoms with E-state index in [1.54, 1.807) is 18.2 Å². The molecule has 0 aliphatic heterocycles. The van der Waals surface area contributed by atoms with Gasteiger partial charge in [0.25, 0.3) is 0 Å². The average molecular weight is 342 g/mol. The fourth-order valence-corrected chi connectivity index (χ4v) is 2.02. The molecule has 5 nitrogen and oxygen atoms in total. The molecule has 22 heavy (non-hydrogen) atoms. The zero-order valence-corrected chi connectivity index (χ0v) is 17.4. The van der Waals surface area contributed by atoms with Crippen molar-refractivity contribution < 1.29 is 19.5 Å². The van der Waals surface area contributed by atoms with Crippen LogP contribution in [0.3, 0.4) is 0 Å². The molecule has 2 radical (unpaired) electrons. The van der Waals surface area contributed by atoms with E-state index >= 15 is 0 Å².